The van der Waals surface area contributed by atoms with E-state index in [1.54, 1.807) is 6.08 Å². The Bertz CT molecular complexity index is 690. The van der Waals surface area contributed by atoms with Crippen LogP contribution in [0.15, 0.2) is 42.6 Å². The molecular formula is C16H11F3N2. The summed E-state index contributed by atoms with van der Waals surface area (Å²) in [4.78, 5) is 3.72. The molecule has 106 valence electrons. The Morgan fingerprint density at radius 2 is 1.81 bits per heavy atom. The number of aromatic nitrogens is 1. The molecule has 0 aliphatic carbocycles. The van der Waals surface area contributed by atoms with Gasteiger partial charge in [-0.2, -0.15) is 18.4 Å². The lowest BCUT2D eigenvalue weighted by molar-refractivity contribution is -0.137. The van der Waals surface area contributed by atoms with Crippen LogP contribution >= 0.6 is 0 Å². The lowest BCUT2D eigenvalue weighted by atomic mass is 10.1. The van der Waals surface area contributed by atoms with Crippen LogP contribution in [-0.4, -0.2) is 4.98 Å². The summed E-state index contributed by atoms with van der Waals surface area (Å²) in [6.45, 7) is 1.94. The van der Waals surface area contributed by atoms with Crippen molar-refractivity contribution in [1.29, 1.82) is 5.26 Å². The van der Waals surface area contributed by atoms with E-state index in [0.717, 1.165) is 23.4 Å². The summed E-state index contributed by atoms with van der Waals surface area (Å²) in [6, 6.07) is 11.5. The van der Waals surface area contributed by atoms with Gasteiger partial charge in [-0.1, -0.05) is 29.8 Å². The smallest absolute Gasteiger partial charge is 0.255 e. The first kappa shape index (κ1) is 14.8. The lowest BCUT2D eigenvalue weighted by Gasteiger charge is -2.06. The molecule has 0 atom stereocenters. The molecule has 21 heavy (non-hydrogen) atoms. The maximum Gasteiger partial charge on any atom is 0.417 e. The van der Waals surface area contributed by atoms with Crippen LogP contribution in [0.25, 0.3) is 11.6 Å². The zero-order valence-electron chi connectivity index (χ0n) is 11.1. The molecule has 1 heterocycles. The molecule has 0 N–H and O–H groups in total. The van der Waals surface area contributed by atoms with Gasteiger partial charge in [-0.25, -0.2) is 0 Å². The van der Waals surface area contributed by atoms with E-state index >= 15 is 0 Å². The summed E-state index contributed by atoms with van der Waals surface area (Å²) < 4.78 is 37.4. The van der Waals surface area contributed by atoms with Crippen molar-refractivity contribution in [2.75, 3.05) is 0 Å². The van der Waals surface area contributed by atoms with Gasteiger partial charge in [0.05, 0.1) is 16.8 Å². The van der Waals surface area contributed by atoms with E-state index in [4.69, 9.17) is 5.26 Å². The fourth-order valence-electron chi connectivity index (χ4n) is 1.71. The van der Waals surface area contributed by atoms with E-state index in [0.29, 0.717) is 0 Å². The minimum absolute atomic E-state index is 0.214. The van der Waals surface area contributed by atoms with Gasteiger partial charge in [-0.05, 0) is 30.7 Å². The van der Waals surface area contributed by atoms with Crippen LogP contribution in [-0.2, 0) is 6.18 Å². The molecule has 0 bridgehead atoms. The van der Waals surface area contributed by atoms with E-state index in [1.807, 2.05) is 37.3 Å². The van der Waals surface area contributed by atoms with Crippen molar-refractivity contribution in [3.05, 3.63) is 65.0 Å². The quantitative estimate of drug-likeness (QED) is 0.764. The van der Waals surface area contributed by atoms with Gasteiger partial charge in [0, 0.05) is 6.20 Å². The van der Waals surface area contributed by atoms with Gasteiger partial charge in [0.25, 0.3) is 0 Å². The molecule has 0 saturated heterocycles. The van der Waals surface area contributed by atoms with Crippen LogP contribution in [0.1, 0.15) is 22.4 Å². The number of halogens is 3. The first-order valence-electron chi connectivity index (χ1n) is 6.12. The summed E-state index contributed by atoms with van der Waals surface area (Å²) >= 11 is 0. The number of benzene rings is 1. The zero-order chi connectivity index (χ0) is 15.5. The second-order valence-corrected chi connectivity index (χ2v) is 4.51. The number of nitrogens with zero attached hydrogens (tertiary/aromatic N) is 2. The number of nitriles is 1. The predicted octanol–water partition coefficient (Wildman–Crippen LogP) is 4.47. The van der Waals surface area contributed by atoms with Crippen LogP contribution in [0, 0.1) is 18.3 Å². The molecule has 5 heteroatoms. The Hall–Kier alpha value is -2.61. The van der Waals surface area contributed by atoms with Gasteiger partial charge in [-0.15, -0.1) is 0 Å². The molecule has 2 aromatic rings. The number of hydrogen-bond donors (Lipinski definition) is 0. The number of rotatable bonds is 2. The van der Waals surface area contributed by atoms with Crippen LogP contribution in [0.4, 0.5) is 13.2 Å². The van der Waals surface area contributed by atoms with Crippen LogP contribution < -0.4 is 0 Å². The number of alkyl halides is 3. The predicted molar refractivity (Wildman–Crippen MR) is 73.9 cm³/mol. The summed E-state index contributed by atoms with van der Waals surface area (Å²) in [5.41, 5.74) is 1.47. The average molecular weight is 288 g/mol. The summed E-state index contributed by atoms with van der Waals surface area (Å²) in [6.07, 6.45) is -2.11. The van der Waals surface area contributed by atoms with E-state index < -0.39 is 11.7 Å². The van der Waals surface area contributed by atoms with Gasteiger partial charge in [-0.3, -0.25) is 4.98 Å². The number of hydrogen-bond acceptors (Lipinski definition) is 2. The molecule has 0 spiro atoms. The highest BCUT2D eigenvalue weighted by Crippen LogP contribution is 2.29. The highest BCUT2D eigenvalue weighted by atomic mass is 19.4. The van der Waals surface area contributed by atoms with Crippen LogP contribution in [0.5, 0.6) is 0 Å². The maximum absolute atomic E-state index is 12.5. The van der Waals surface area contributed by atoms with Crippen molar-refractivity contribution in [1.82, 2.24) is 4.98 Å². The molecule has 0 radical (unpaired) electrons. The van der Waals surface area contributed by atoms with Crippen molar-refractivity contribution in [2.24, 2.45) is 0 Å². The van der Waals surface area contributed by atoms with Gasteiger partial charge < -0.3 is 0 Å². The lowest BCUT2D eigenvalue weighted by Crippen LogP contribution is -2.05. The Kier molecular flexibility index (Phi) is 4.08. The molecule has 2 nitrogen and oxygen atoms in total. The van der Waals surface area contributed by atoms with Crippen LogP contribution in [0.3, 0.4) is 0 Å². The first-order valence-corrected chi connectivity index (χ1v) is 6.12. The Morgan fingerprint density at radius 1 is 1.14 bits per heavy atom. The number of pyridine rings is 1. The van der Waals surface area contributed by atoms with Gasteiger partial charge in [0.1, 0.15) is 6.07 Å². The Labute approximate surface area is 120 Å². The first-order chi connectivity index (χ1) is 9.90. The van der Waals surface area contributed by atoms with E-state index in [1.165, 1.54) is 6.07 Å². The average Bonchev–Trinajstić information content (AvgIpc) is 2.46. The molecule has 0 fully saturated rings. The molecular weight excluding hydrogens is 277 g/mol. The van der Waals surface area contributed by atoms with E-state index in [-0.39, 0.29) is 11.3 Å². The monoisotopic (exact) mass is 288 g/mol. The topological polar surface area (TPSA) is 36.7 Å². The van der Waals surface area contributed by atoms with Gasteiger partial charge >= 0.3 is 6.18 Å². The number of allylic oxidation sites excluding steroid dienone is 1. The van der Waals surface area contributed by atoms with Crippen molar-refractivity contribution in [3.8, 4) is 6.07 Å². The molecule has 1 aromatic heterocycles. The SMILES string of the molecule is Cc1ccc(/C=C(\C#N)c2ccc(C(F)(F)F)cn2)cc1. The molecule has 0 amide bonds. The summed E-state index contributed by atoms with van der Waals surface area (Å²) in [7, 11) is 0. The van der Waals surface area contributed by atoms with Crippen molar-refractivity contribution < 1.29 is 13.2 Å². The third kappa shape index (κ3) is 3.69. The van der Waals surface area contributed by atoms with Crippen molar-refractivity contribution in [2.45, 2.75) is 13.1 Å². The second-order valence-electron chi connectivity index (χ2n) is 4.51. The standard InChI is InChI=1S/C16H11F3N2/c1-11-2-4-12(5-3-11)8-13(9-20)15-7-6-14(10-21-15)16(17,18)19/h2-8,10H,1H3/b13-8+. The van der Waals surface area contributed by atoms with Crippen LogP contribution in [0.2, 0.25) is 0 Å². The highest BCUT2D eigenvalue weighted by Gasteiger charge is 2.30. The zero-order valence-corrected chi connectivity index (χ0v) is 11.1. The molecule has 0 unspecified atom stereocenters. The third-order valence-electron chi connectivity index (χ3n) is 2.88. The van der Waals surface area contributed by atoms with E-state index in [9.17, 15) is 13.2 Å². The third-order valence-corrected chi connectivity index (χ3v) is 2.88. The fourth-order valence-corrected chi connectivity index (χ4v) is 1.71. The summed E-state index contributed by atoms with van der Waals surface area (Å²) in [5, 5.41) is 9.14. The Balaban J connectivity index is 2.34. The molecule has 0 aliphatic rings. The minimum atomic E-state index is -4.43. The second kappa shape index (κ2) is 5.80. The summed E-state index contributed by atoms with van der Waals surface area (Å²) in [5.74, 6) is 0. The van der Waals surface area contributed by atoms with Gasteiger partial charge in [0.2, 0.25) is 0 Å². The molecule has 0 aliphatic heterocycles. The largest absolute Gasteiger partial charge is 0.417 e. The minimum Gasteiger partial charge on any atom is -0.255 e. The molecule has 0 saturated carbocycles. The molecule has 1 aromatic carbocycles. The van der Waals surface area contributed by atoms with Crippen molar-refractivity contribution in [3.63, 3.8) is 0 Å². The normalized spacial score (nSPS) is 12.0. The maximum atomic E-state index is 12.5. The highest BCUT2D eigenvalue weighted by molar-refractivity contribution is 5.88. The molecule has 2 rings (SSSR count). The fraction of sp³-hybridized carbons (Fsp3) is 0.125. The van der Waals surface area contributed by atoms with E-state index in [2.05, 4.69) is 4.98 Å². The Morgan fingerprint density at radius 3 is 2.29 bits per heavy atom. The van der Waals surface area contributed by atoms with Gasteiger partial charge in [0.15, 0.2) is 0 Å². The number of aryl methyl sites for hydroxylation is 1. The van der Waals surface area contributed by atoms with Crippen molar-refractivity contribution >= 4 is 11.6 Å².